The van der Waals surface area contributed by atoms with Gasteiger partial charge in [-0.05, 0) is 44.2 Å². The number of ether oxygens (including phenoxy) is 1. The number of carboxylic acid groups (broad SMARTS) is 1. The van der Waals surface area contributed by atoms with Crippen molar-refractivity contribution in [2.24, 2.45) is 0 Å². The van der Waals surface area contributed by atoms with E-state index < -0.39 is 12.1 Å². The molecule has 6 heteroatoms. The second-order valence-corrected chi connectivity index (χ2v) is 10.8. The number of likely N-dealkylation sites (N-methyl/N-ethyl adjacent to an activating group) is 1. The van der Waals surface area contributed by atoms with Crippen LogP contribution in [0.1, 0.15) is 107 Å². The van der Waals surface area contributed by atoms with E-state index in [1.165, 1.54) is 61.2 Å². The topological polar surface area (TPSA) is 76.7 Å². The van der Waals surface area contributed by atoms with Gasteiger partial charge in [-0.3, -0.25) is 9.59 Å². The number of aryl methyl sites for hydroxylation is 2. The number of carbonyl (C=O) groups excluding carboxylic acids is 1. The second kappa shape index (κ2) is 16.0. The molecule has 6 nitrogen and oxygen atoms in total. The minimum Gasteiger partial charge on any atom is -0.481 e. The normalized spacial score (nSPS) is 12.6. The summed E-state index contributed by atoms with van der Waals surface area (Å²) >= 11 is 0. The lowest BCUT2D eigenvalue weighted by atomic mass is 10.0. The van der Waals surface area contributed by atoms with Crippen LogP contribution in [-0.4, -0.2) is 55.3 Å². The van der Waals surface area contributed by atoms with Crippen molar-refractivity contribution >= 4 is 11.9 Å². The molecule has 1 N–H and O–H groups in total. The van der Waals surface area contributed by atoms with Crippen LogP contribution in [0.4, 0.5) is 0 Å². The minimum absolute atomic E-state index is 0.137. The van der Waals surface area contributed by atoms with E-state index in [9.17, 15) is 9.59 Å². The van der Waals surface area contributed by atoms with Gasteiger partial charge in [-0.15, -0.1) is 0 Å². The minimum atomic E-state index is -0.932. The molecule has 0 aromatic carbocycles. The van der Waals surface area contributed by atoms with Gasteiger partial charge in [0.15, 0.2) is 6.10 Å². The first-order valence-corrected chi connectivity index (χ1v) is 13.3. The summed E-state index contributed by atoms with van der Waals surface area (Å²) < 4.78 is 12.1. The maximum Gasteiger partial charge on any atom is 0.307 e. The zero-order valence-corrected chi connectivity index (χ0v) is 22.7. The largest absolute Gasteiger partial charge is 0.481 e. The van der Waals surface area contributed by atoms with Crippen LogP contribution in [0.25, 0.3) is 0 Å². The molecule has 34 heavy (non-hydrogen) atoms. The number of aliphatic carboxylic acids is 1. The van der Waals surface area contributed by atoms with Gasteiger partial charge in [-0.25, -0.2) is 0 Å². The van der Waals surface area contributed by atoms with E-state index in [-0.39, 0.29) is 12.4 Å². The van der Waals surface area contributed by atoms with Crippen LogP contribution in [0.15, 0.2) is 4.42 Å². The van der Waals surface area contributed by atoms with E-state index in [0.29, 0.717) is 17.4 Å². The second-order valence-electron chi connectivity index (χ2n) is 10.8. The van der Waals surface area contributed by atoms with E-state index in [4.69, 9.17) is 14.3 Å². The Hall–Kier alpha value is -1.82. The lowest BCUT2D eigenvalue weighted by molar-refractivity contribution is -0.873. The third kappa shape index (κ3) is 13.2. The third-order valence-electron chi connectivity index (χ3n) is 6.36. The van der Waals surface area contributed by atoms with Crippen LogP contribution in [0, 0.1) is 13.8 Å². The predicted octanol–water partition coefficient (Wildman–Crippen LogP) is 6.39. The van der Waals surface area contributed by atoms with E-state index >= 15 is 0 Å². The maximum absolute atomic E-state index is 12.1. The summed E-state index contributed by atoms with van der Waals surface area (Å²) in [7, 11) is 5.89. The van der Waals surface area contributed by atoms with Gasteiger partial charge in [0.2, 0.25) is 0 Å². The van der Waals surface area contributed by atoms with Crippen molar-refractivity contribution in [3.8, 4) is 0 Å². The highest BCUT2D eigenvalue weighted by Crippen LogP contribution is 2.24. The molecule has 1 aromatic heterocycles. The molecule has 196 valence electrons. The molecule has 1 heterocycles. The molecule has 0 aliphatic heterocycles. The van der Waals surface area contributed by atoms with Crippen molar-refractivity contribution in [2.45, 2.75) is 117 Å². The molecule has 0 aliphatic carbocycles. The highest BCUT2D eigenvalue weighted by atomic mass is 16.5. The molecule has 0 amide bonds. The Morgan fingerprint density at radius 1 is 0.853 bits per heavy atom. The van der Waals surface area contributed by atoms with Gasteiger partial charge in [0.1, 0.15) is 18.1 Å². The lowest BCUT2D eigenvalue weighted by Gasteiger charge is -2.28. The zero-order valence-electron chi connectivity index (χ0n) is 22.7. The highest BCUT2D eigenvalue weighted by Gasteiger charge is 2.24. The number of nitrogens with zero attached hydrogens (tertiary/aromatic N) is 1. The Kier molecular flexibility index (Phi) is 14.2. The molecule has 0 saturated heterocycles. The summed E-state index contributed by atoms with van der Waals surface area (Å²) in [5.41, 5.74) is 2.69. The first-order chi connectivity index (χ1) is 16.0. The quantitative estimate of drug-likeness (QED) is 0.141. The number of hydrogen-bond donors (Lipinski definition) is 1. The van der Waals surface area contributed by atoms with Crippen molar-refractivity contribution in [1.29, 1.82) is 0 Å². The number of carbonyl (C=O) groups is 2. The van der Waals surface area contributed by atoms with E-state index in [1.54, 1.807) is 0 Å². The molecule has 0 aliphatic rings. The van der Waals surface area contributed by atoms with Crippen molar-refractivity contribution < 1.29 is 28.3 Å². The van der Waals surface area contributed by atoms with Crippen LogP contribution < -0.4 is 0 Å². The van der Waals surface area contributed by atoms with Crippen molar-refractivity contribution in [1.82, 2.24) is 0 Å². The van der Waals surface area contributed by atoms with Crippen molar-refractivity contribution in [2.75, 3.05) is 27.7 Å². The average Bonchev–Trinajstić information content (AvgIpc) is 2.98. The Bertz CT molecular complexity index is 732. The number of furan rings is 1. The van der Waals surface area contributed by atoms with Crippen LogP contribution in [0.5, 0.6) is 0 Å². The monoisotopic (exact) mass is 480 g/mol. The van der Waals surface area contributed by atoms with Gasteiger partial charge in [-0.2, -0.15) is 0 Å². The summed E-state index contributed by atoms with van der Waals surface area (Å²) in [6.07, 6.45) is 13.3. The SMILES string of the molecule is CCCc1oc(CCCCCCCCCCCC(=O)OC(CC(=O)O)C[N+](C)(C)C)c(C)c1C. The summed E-state index contributed by atoms with van der Waals surface area (Å²) in [6, 6.07) is 0. The van der Waals surface area contributed by atoms with Gasteiger partial charge >= 0.3 is 11.9 Å². The number of esters is 1. The molecule has 1 unspecified atom stereocenters. The zero-order chi connectivity index (χ0) is 25.6. The Balaban J connectivity index is 2.07. The lowest BCUT2D eigenvalue weighted by Crippen LogP contribution is -2.43. The number of quaternary nitrogens is 1. The smallest absolute Gasteiger partial charge is 0.307 e. The Morgan fingerprint density at radius 3 is 1.85 bits per heavy atom. The van der Waals surface area contributed by atoms with Gasteiger partial charge in [-0.1, -0.05) is 51.9 Å². The standard InChI is InChI=1S/C28H49NO5/c1-7-17-25-22(2)23(3)26(34-25)18-15-13-11-9-8-10-12-14-16-19-28(32)33-24(20-27(30)31)21-29(4,5)6/h24H,7-21H2,1-6H3/p+1. The molecule has 1 aromatic rings. The van der Waals surface area contributed by atoms with Gasteiger partial charge < -0.3 is 18.7 Å². The number of carboxylic acids is 1. The summed E-state index contributed by atoms with van der Waals surface area (Å²) in [5, 5.41) is 9.05. The molecule has 0 fully saturated rings. The molecule has 0 radical (unpaired) electrons. The molecular weight excluding hydrogens is 430 g/mol. The number of rotatable bonds is 19. The van der Waals surface area contributed by atoms with Gasteiger partial charge in [0, 0.05) is 19.3 Å². The van der Waals surface area contributed by atoms with E-state index in [2.05, 4.69) is 20.8 Å². The number of hydrogen-bond acceptors (Lipinski definition) is 4. The first-order valence-electron chi connectivity index (χ1n) is 13.3. The van der Waals surface area contributed by atoms with Crippen LogP contribution in [-0.2, 0) is 27.2 Å². The highest BCUT2D eigenvalue weighted by molar-refractivity contribution is 5.71. The third-order valence-corrected chi connectivity index (χ3v) is 6.36. The fraction of sp³-hybridized carbons (Fsp3) is 0.786. The molecule has 0 spiro atoms. The predicted molar refractivity (Wildman–Crippen MR) is 137 cm³/mol. The van der Waals surface area contributed by atoms with E-state index in [0.717, 1.165) is 38.5 Å². The van der Waals surface area contributed by atoms with Gasteiger partial charge in [0.25, 0.3) is 0 Å². The fourth-order valence-corrected chi connectivity index (χ4v) is 4.41. The van der Waals surface area contributed by atoms with Crippen molar-refractivity contribution in [3.05, 3.63) is 22.6 Å². The van der Waals surface area contributed by atoms with Crippen LogP contribution >= 0.6 is 0 Å². The molecular formula is C28H50NO5+. The van der Waals surface area contributed by atoms with Crippen LogP contribution in [0.2, 0.25) is 0 Å². The average molecular weight is 481 g/mol. The van der Waals surface area contributed by atoms with Gasteiger partial charge in [0.05, 0.1) is 27.6 Å². The fourth-order valence-electron chi connectivity index (χ4n) is 4.41. The van der Waals surface area contributed by atoms with Crippen molar-refractivity contribution in [3.63, 3.8) is 0 Å². The number of unbranched alkanes of at least 4 members (excludes halogenated alkanes) is 8. The summed E-state index contributed by atoms with van der Waals surface area (Å²) in [6.45, 7) is 7.06. The Labute approximate surface area is 207 Å². The van der Waals surface area contributed by atoms with Crippen LogP contribution in [0.3, 0.4) is 0 Å². The van der Waals surface area contributed by atoms with E-state index in [1.807, 2.05) is 21.1 Å². The summed E-state index contributed by atoms with van der Waals surface area (Å²) in [4.78, 5) is 23.1. The summed E-state index contributed by atoms with van der Waals surface area (Å²) in [5.74, 6) is 1.15. The first kappa shape index (κ1) is 30.2. The Morgan fingerprint density at radius 2 is 1.35 bits per heavy atom. The molecule has 1 rings (SSSR count). The molecule has 1 atom stereocenters. The maximum atomic E-state index is 12.1. The molecule has 0 saturated carbocycles. The molecule has 0 bridgehead atoms.